The minimum Gasteiger partial charge on any atom is -0.341 e. The largest absolute Gasteiger partial charge is 0.341 e. The molecule has 0 unspecified atom stereocenters. The van der Waals surface area contributed by atoms with Crippen LogP contribution in [-0.4, -0.2) is 20.1 Å². The molecule has 0 radical (unpaired) electrons. The molecule has 0 aliphatic carbocycles. The van der Waals surface area contributed by atoms with E-state index in [4.69, 9.17) is 0 Å². The lowest BCUT2D eigenvalue weighted by molar-refractivity contribution is 0.254. The smallest absolute Gasteiger partial charge is 0.318 e. The summed E-state index contributed by atoms with van der Waals surface area (Å²) in [5.74, 6) is 0. The van der Waals surface area contributed by atoms with Gasteiger partial charge in [-0.3, -0.25) is 0 Å². The van der Waals surface area contributed by atoms with Gasteiger partial charge in [0.25, 0.3) is 0 Å². The van der Waals surface area contributed by atoms with Crippen molar-refractivity contribution in [3.8, 4) is 0 Å². The van der Waals surface area contributed by atoms with Crippen LogP contribution in [0.3, 0.4) is 0 Å². The van der Waals surface area contributed by atoms with E-state index in [0.29, 0.717) is 0 Å². The number of nitrogens with one attached hydrogen (secondary N) is 3. The van der Waals surface area contributed by atoms with Gasteiger partial charge in [-0.05, 0) is 24.7 Å². The molecule has 0 heterocycles. The van der Waals surface area contributed by atoms with Crippen LogP contribution in [0, 0.1) is 0 Å². The van der Waals surface area contributed by atoms with E-state index in [1.54, 1.807) is 7.05 Å². The summed E-state index contributed by atoms with van der Waals surface area (Å²) in [6, 6.07) is 7.50. The van der Waals surface area contributed by atoms with E-state index in [0.717, 1.165) is 12.2 Å². The summed E-state index contributed by atoms with van der Waals surface area (Å²) in [6.45, 7) is 0.834. The first-order valence-corrected chi connectivity index (χ1v) is 4.48. The summed E-state index contributed by atoms with van der Waals surface area (Å²) in [6.07, 6.45) is 0. The standard InChI is InChI=1S/C10H15N3O/c1-11-7-8-3-5-9(6-4-8)13-10(14)12-2/h3-6,11H,7H2,1-2H3,(H2,12,13,14). The molecule has 1 aromatic rings. The van der Waals surface area contributed by atoms with E-state index in [9.17, 15) is 4.79 Å². The summed E-state index contributed by atoms with van der Waals surface area (Å²) in [5, 5.41) is 8.24. The van der Waals surface area contributed by atoms with Crippen LogP contribution in [0.2, 0.25) is 0 Å². The summed E-state index contributed by atoms with van der Waals surface area (Å²) < 4.78 is 0. The molecule has 0 fully saturated rings. The highest BCUT2D eigenvalue weighted by Crippen LogP contribution is 2.08. The molecule has 0 aliphatic rings. The van der Waals surface area contributed by atoms with Crippen LogP contribution in [0.15, 0.2) is 24.3 Å². The van der Waals surface area contributed by atoms with Crippen LogP contribution in [0.5, 0.6) is 0 Å². The van der Waals surface area contributed by atoms with Gasteiger partial charge in [-0.2, -0.15) is 0 Å². The number of amides is 2. The average molecular weight is 193 g/mol. The Kier molecular flexibility index (Phi) is 3.94. The van der Waals surface area contributed by atoms with Crippen molar-refractivity contribution in [2.75, 3.05) is 19.4 Å². The molecule has 0 bridgehead atoms. The summed E-state index contributed by atoms with van der Waals surface area (Å²) >= 11 is 0. The molecule has 0 saturated carbocycles. The molecular formula is C10H15N3O. The molecule has 1 aromatic carbocycles. The van der Waals surface area contributed by atoms with Crippen molar-refractivity contribution in [1.29, 1.82) is 0 Å². The fourth-order valence-electron chi connectivity index (χ4n) is 1.10. The zero-order valence-electron chi connectivity index (χ0n) is 8.42. The molecule has 2 amide bonds. The Bertz CT molecular complexity index is 295. The number of hydrogen-bond donors (Lipinski definition) is 3. The molecule has 0 aromatic heterocycles. The first-order chi connectivity index (χ1) is 6.76. The average Bonchev–Trinajstić information content (AvgIpc) is 2.21. The van der Waals surface area contributed by atoms with Crippen LogP contribution in [-0.2, 0) is 6.54 Å². The number of anilines is 1. The van der Waals surface area contributed by atoms with Crippen molar-refractivity contribution >= 4 is 11.7 Å². The predicted molar refractivity (Wildman–Crippen MR) is 57.3 cm³/mol. The maximum atomic E-state index is 11.0. The van der Waals surface area contributed by atoms with Gasteiger partial charge >= 0.3 is 6.03 Å². The van der Waals surface area contributed by atoms with E-state index in [1.807, 2.05) is 31.3 Å². The molecule has 4 nitrogen and oxygen atoms in total. The van der Waals surface area contributed by atoms with Crippen molar-refractivity contribution in [2.45, 2.75) is 6.54 Å². The Hall–Kier alpha value is -1.55. The normalized spacial score (nSPS) is 9.57. The van der Waals surface area contributed by atoms with Crippen LogP contribution in [0.1, 0.15) is 5.56 Å². The van der Waals surface area contributed by atoms with E-state index >= 15 is 0 Å². The van der Waals surface area contributed by atoms with E-state index in [-0.39, 0.29) is 6.03 Å². The van der Waals surface area contributed by atoms with E-state index < -0.39 is 0 Å². The second-order valence-corrected chi connectivity index (χ2v) is 2.93. The zero-order valence-corrected chi connectivity index (χ0v) is 8.42. The van der Waals surface area contributed by atoms with E-state index in [2.05, 4.69) is 16.0 Å². The van der Waals surface area contributed by atoms with Crippen LogP contribution < -0.4 is 16.0 Å². The van der Waals surface area contributed by atoms with Crippen molar-refractivity contribution in [3.63, 3.8) is 0 Å². The molecule has 0 spiro atoms. The van der Waals surface area contributed by atoms with Crippen molar-refractivity contribution in [3.05, 3.63) is 29.8 Å². The maximum absolute atomic E-state index is 11.0. The summed E-state index contributed by atoms with van der Waals surface area (Å²) in [5.41, 5.74) is 1.99. The van der Waals surface area contributed by atoms with Crippen molar-refractivity contribution in [2.24, 2.45) is 0 Å². The zero-order chi connectivity index (χ0) is 10.4. The lowest BCUT2D eigenvalue weighted by atomic mass is 10.2. The predicted octanol–water partition coefficient (Wildman–Crippen LogP) is 1.16. The van der Waals surface area contributed by atoms with Crippen LogP contribution in [0.25, 0.3) is 0 Å². The molecule has 1 rings (SSSR count). The minimum absolute atomic E-state index is 0.202. The Morgan fingerprint density at radius 3 is 2.36 bits per heavy atom. The third-order valence-electron chi connectivity index (χ3n) is 1.82. The topological polar surface area (TPSA) is 53.2 Å². The Labute approximate surface area is 83.7 Å². The second kappa shape index (κ2) is 5.24. The Morgan fingerprint density at radius 2 is 1.86 bits per heavy atom. The Balaban J connectivity index is 2.59. The van der Waals surface area contributed by atoms with Crippen LogP contribution in [0.4, 0.5) is 10.5 Å². The second-order valence-electron chi connectivity index (χ2n) is 2.93. The molecule has 0 aliphatic heterocycles. The van der Waals surface area contributed by atoms with Gasteiger partial charge in [0.1, 0.15) is 0 Å². The molecular weight excluding hydrogens is 178 g/mol. The lowest BCUT2D eigenvalue weighted by Crippen LogP contribution is -2.24. The van der Waals surface area contributed by atoms with E-state index in [1.165, 1.54) is 5.56 Å². The highest BCUT2D eigenvalue weighted by molar-refractivity contribution is 5.88. The van der Waals surface area contributed by atoms with Crippen molar-refractivity contribution < 1.29 is 4.79 Å². The van der Waals surface area contributed by atoms with Gasteiger partial charge in [-0.15, -0.1) is 0 Å². The molecule has 0 saturated heterocycles. The van der Waals surface area contributed by atoms with Gasteiger partial charge in [-0.1, -0.05) is 12.1 Å². The number of hydrogen-bond acceptors (Lipinski definition) is 2. The number of rotatable bonds is 3. The van der Waals surface area contributed by atoms with Gasteiger partial charge < -0.3 is 16.0 Å². The minimum atomic E-state index is -0.202. The number of urea groups is 1. The van der Waals surface area contributed by atoms with Gasteiger partial charge in [0.05, 0.1) is 0 Å². The summed E-state index contributed by atoms with van der Waals surface area (Å²) in [4.78, 5) is 11.0. The molecule has 0 atom stereocenters. The molecule has 14 heavy (non-hydrogen) atoms. The van der Waals surface area contributed by atoms with Gasteiger partial charge in [0.15, 0.2) is 0 Å². The third kappa shape index (κ3) is 3.06. The molecule has 76 valence electrons. The highest BCUT2D eigenvalue weighted by atomic mass is 16.2. The number of carbonyl (C=O) groups excluding carboxylic acids is 1. The Morgan fingerprint density at radius 1 is 1.21 bits per heavy atom. The van der Waals surface area contributed by atoms with Crippen molar-refractivity contribution in [1.82, 2.24) is 10.6 Å². The number of benzene rings is 1. The molecule has 3 N–H and O–H groups in total. The number of carbonyl (C=O) groups is 1. The third-order valence-corrected chi connectivity index (χ3v) is 1.82. The van der Waals surface area contributed by atoms with Gasteiger partial charge in [0, 0.05) is 19.3 Å². The van der Waals surface area contributed by atoms with Gasteiger partial charge in [0.2, 0.25) is 0 Å². The monoisotopic (exact) mass is 193 g/mol. The van der Waals surface area contributed by atoms with Crippen LogP contribution >= 0.6 is 0 Å². The maximum Gasteiger partial charge on any atom is 0.318 e. The molecule has 4 heteroatoms. The quantitative estimate of drug-likeness (QED) is 0.674. The first kappa shape index (κ1) is 10.5. The lowest BCUT2D eigenvalue weighted by Gasteiger charge is -2.05. The fraction of sp³-hybridized carbons (Fsp3) is 0.300. The highest BCUT2D eigenvalue weighted by Gasteiger charge is 1.97. The SMILES string of the molecule is CNCc1ccc(NC(=O)NC)cc1. The van der Waals surface area contributed by atoms with Gasteiger partial charge in [-0.25, -0.2) is 4.79 Å². The summed E-state index contributed by atoms with van der Waals surface area (Å²) in [7, 11) is 3.49. The first-order valence-electron chi connectivity index (χ1n) is 4.48. The fourth-order valence-corrected chi connectivity index (χ4v) is 1.10.